The largest absolute Gasteiger partial charge is 0.376 e. The number of hydrogen-bond acceptors (Lipinski definition) is 7. The number of amides is 1. The lowest BCUT2D eigenvalue weighted by Crippen LogP contribution is -2.50. The van der Waals surface area contributed by atoms with Crippen molar-refractivity contribution in [3.8, 4) is 0 Å². The lowest BCUT2D eigenvalue weighted by Gasteiger charge is -2.36. The first-order valence-electron chi connectivity index (χ1n) is 10.3. The predicted octanol–water partition coefficient (Wildman–Crippen LogP) is 2.18. The zero-order valence-corrected chi connectivity index (χ0v) is 18.5. The molecule has 0 spiro atoms. The fraction of sp³-hybridized carbons (Fsp3) is 0.227. The molecule has 11 heteroatoms. The van der Waals surface area contributed by atoms with Gasteiger partial charge in [0, 0.05) is 43.8 Å². The first kappa shape index (κ1) is 22.5. The molecule has 33 heavy (non-hydrogen) atoms. The molecule has 2 aromatic carbocycles. The van der Waals surface area contributed by atoms with Crippen LogP contribution in [-0.2, 0) is 14.8 Å². The van der Waals surface area contributed by atoms with Gasteiger partial charge < -0.3 is 15.1 Å². The summed E-state index contributed by atoms with van der Waals surface area (Å²) < 4.78 is 40.5. The SMILES string of the molecule is O=C(CNc1ccc(F)cc1)N1CCN(c2ccc(S(=O)(=O)Nc3ccncn3)cc2)CC1. The number of rotatable bonds is 7. The normalized spacial score (nSPS) is 14.1. The first-order chi connectivity index (χ1) is 15.9. The molecule has 0 aliphatic carbocycles. The van der Waals surface area contributed by atoms with Gasteiger partial charge in [0.1, 0.15) is 18.0 Å². The third-order valence-corrected chi connectivity index (χ3v) is 6.62. The van der Waals surface area contributed by atoms with E-state index < -0.39 is 10.0 Å². The fourth-order valence-electron chi connectivity index (χ4n) is 3.46. The molecular formula is C22H23FN6O3S. The van der Waals surface area contributed by atoms with E-state index in [1.807, 2.05) is 0 Å². The van der Waals surface area contributed by atoms with Gasteiger partial charge in [-0.25, -0.2) is 22.8 Å². The van der Waals surface area contributed by atoms with Crippen molar-refractivity contribution < 1.29 is 17.6 Å². The van der Waals surface area contributed by atoms with Crippen LogP contribution in [0.2, 0.25) is 0 Å². The molecule has 2 heterocycles. The Balaban J connectivity index is 1.29. The summed E-state index contributed by atoms with van der Waals surface area (Å²) in [7, 11) is -3.75. The van der Waals surface area contributed by atoms with Gasteiger partial charge in [-0.3, -0.25) is 9.52 Å². The smallest absolute Gasteiger partial charge is 0.263 e. The van der Waals surface area contributed by atoms with Gasteiger partial charge in [0.05, 0.1) is 11.4 Å². The molecule has 9 nitrogen and oxygen atoms in total. The van der Waals surface area contributed by atoms with Gasteiger partial charge in [0.25, 0.3) is 10.0 Å². The van der Waals surface area contributed by atoms with Crippen molar-refractivity contribution in [2.24, 2.45) is 0 Å². The molecule has 1 aliphatic heterocycles. The third kappa shape index (κ3) is 5.75. The zero-order valence-electron chi connectivity index (χ0n) is 17.7. The standard InChI is InChI=1S/C22H23FN6O3S/c23-17-1-3-18(4-2-17)25-15-22(30)29-13-11-28(12-14-29)19-5-7-20(8-6-19)33(31,32)27-21-9-10-24-16-26-21/h1-10,16,25H,11-15H2,(H,24,26,27). The number of sulfonamides is 1. The van der Waals surface area contributed by atoms with Crippen LogP contribution in [0.15, 0.2) is 72.0 Å². The summed E-state index contributed by atoms with van der Waals surface area (Å²) in [5, 5.41) is 3.01. The number of anilines is 3. The molecule has 0 saturated carbocycles. The number of piperazine rings is 1. The summed E-state index contributed by atoms with van der Waals surface area (Å²) in [6.07, 6.45) is 2.72. The molecule has 1 fully saturated rings. The van der Waals surface area contributed by atoms with Crippen LogP contribution in [0.5, 0.6) is 0 Å². The van der Waals surface area contributed by atoms with Gasteiger partial charge in [-0.05, 0) is 54.6 Å². The van der Waals surface area contributed by atoms with Crippen molar-refractivity contribution in [1.82, 2.24) is 14.9 Å². The summed E-state index contributed by atoms with van der Waals surface area (Å²) in [6.45, 7) is 2.51. The van der Waals surface area contributed by atoms with Crippen molar-refractivity contribution in [1.29, 1.82) is 0 Å². The number of nitrogens with one attached hydrogen (secondary N) is 2. The highest BCUT2D eigenvalue weighted by Crippen LogP contribution is 2.21. The second kappa shape index (κ2) is 9.82. The van der Waals surface area contributed by atoms with Crippen LogP contribution in [0.25, 0.3) is 0 Å². The first-order valence-corrected chi connectivity index (χ1v) is 11.8. The van der Waals surface area contributed by atoms with Crippen LogP contribution in [0.3, 0.4) is 0 Å². The van der Waals surface area contributed by atoms with E-state index in [4.69, 9.17) is 0 Å². The number of aromatic nitrogens is 2. The van der Waals surface area contributed by atoms with E-state index >= 15 is 0 Å². The summed E-state index contributed by atoms with van der Waals surface area (Å²) in [6, 6.07) is 13.9. The van der Waals surface area contributed by atoms with E-state index in [0.717, 1.165) is 5.69 Å². The Hall–Kier alpha value is -3.73. The highest BCUT2D eigenvalue weighted by Gasteiger charge is 2.22. The summed E-state index contributed by atoms with van der Waals surface area (Å²) >= 11 is 0. The second-order valence-electron chi connectivity index (χ2n) is 7.42. The summed E-state index contributed by atoms with van der Waals surface area (Å²) in [5.74, 6) is -0.157. The number of hydrogen-bond donors (Lipinski definition) is 2. The fourth-order valence-corrected chi connectivity index (χ4v) is 4.46. The van der Waals surface area contributed by atoms with Crippen LogP contribution < -0.4 is 14.9 Å². The Labute approximate surface area is 191 Å². The molecule has 0 radical (unpaired) electrons. The summed E-state index contributed by atoms with van der Waals surface area (Å²) in [5.41, 5.74) is 1.57. The van der Waals surface area contributed by atoms with E-state index in [-0.39, 0.29) is 29.0 Å². The van der Waals surface area contributed by atoms with Crippen molar-refractivity contribution in [2.45, 2.75) is 4.90 Å². The Kier molecular flexibility index (Phi) is 6.68. The second-order valence-corrected chi connectivity index (χ2v) is 9.10. The predicted molar refractivity (Wildman–Crippen MR) is 123 cm³/mol. The number of carbonyl (C=O) groups is 1. The maximum Gasteiger partial charge on any atom is 0.263 e. The average Bonchev–Trinajstić information content (AvgIpc) is 2.84. The molecule has 1 saturated heterocycles. The number of halogens is 1. The minimum atomic E-state index is -3.75. The van der Waals surface area contributed by atoms with E-state index in [1.165, 1.54) is 30.7 Å². The quantitative estimate of drug-likeness (QED) is 0.545. The van der Waals surface area contributed by atoms with Gasteiger partial charge in [0.2, 0.25) is 5.91 Å². The average molecular weight is 471 g/mol. The van der Waals surface area contributed by atoms with Crippen LogP contribution in [-0.4, -0.2) is 61.9 Å². The Morgan fingerprint density at radius 3 is 2.30 bits per heavy atom. The third-order valence-electron chi connectivity index (χ3n) is 5.25. The molecular weight excluding hydrogens is 447 g/mol. The van der Waals surface area contributed by atoms with Crippen LogP contribution in [0, 0.1) is 5.82 Å². The van der Waals surface area contributed by atoms with Gasteiger partial charge in [-0.2, -0.15) is 0 Å². The van der Waals surface area contributed by atoms with Crippen LogP contribution in [0.1, 0.15) is 0 Å². The topological polar surface area (TPSA) is 108 Å². The highest BCUT2D eigenvalue weighted by atomic mass is 32.2. The lowest BCUT2D eigenvalue weighted by atomic mass is 10.2. The van der Waals surface area contributed by atoms with Crippen molar-refractivity contribution in [3.63, 3.8) is 0 Å². The maximum absolute atomic E-state index is 13.0. The number of benzene rings is 2. The lowest BCUT2D eigenvalue weighted by molar-refractivity contribution is -0.129. The van der Waals surface area contributed by atoms with E-state index in [2.05, 4.69) is 24.9 Å². The molecule has 0 atom stereocenters. The highest BCUT2D eigenvalue weighted by molar-refractivity contribution is 7.92. The maximum atomic E-state index is 13.0. The number of nitrogens with zero attached hydrogens (tertiary/aromatic N) is 4. The molecule has 0 bridgehead atoms. The molecule has 172 valence electrons. The molecule has 1 aliphatic rings. The van der Waals surface area contributed by atoms with Gasteiger partial charge >= 0.3 is 0 Å². The molecule has 3 aromatic rings. The van der Waals surface area contributed by atoms with Gasteiger partial charge in [-0.1, -0.05) is 0 Å². The number of carbonyl (C=O) groups excluding carboxylic acids is 1. The molecule has 2 N–H and O–H groups in total. The Morgan fingerprint density at radius 2 is 1.67 bits per heavy atom. The van der Waals surface area contributed by atoms with Gasteiger partial charge in [0.15, 0.2) is 0 Å². The van der Waals surface area contributed by atoms with Crippen molar-refractivity contribution in [3.05, 3.63) is 72.9 Å². The van der Waals surface area contributed by atoms with Crippen molar-refractivity contribution >= 4 is 33.1 Å². The van der Waals surface area contributed by atoms with Crippen LogP contribution >= 0.6 is 0 Å². The molecule has 0 unspecified atom stereocenters. The minimum absolute atomic E-state index is 0.0313. The van der Waals surface area contributed by atoms with E-state index in [0.29, 0.717) is 31.9 Å². The van der Waals surface area contributed by atoms with Gasteiger partial charge in [-0.15, -0.1) is 0 Å². The zero-order chi connectivity index (χ0) is 23.3. The van der Waals surface area contributed by atoms with E-state index in [9.17, 15) is 17.6 Å². The minimum Gasteiger partial charge on any atom is -0.376 e. The molecule has 1 amide bonds. The Bertz CT molecular complexity index is 1180. The molecule has 1 aromatic heterocycles. The Morgan fingerprint density at radius 1 is 0.970 bits per heavy atom. The van der Waals surface area contributed by atoms with Crippen LogP contribution in [0.4, 0.5) is 21.6 Å². The molecule has 4 rings (SSSR count). The summed E-state index contributed by atoms with van der Waals surface area (Å²) in [4.78, 5) is 24.1. The van der Waals surface area contributed by atoms with E-state index in [1.54, 1.807) is 41.3 Å². The monoisotopic (exact) mass is 470 g/mol. The van der Waals surface area contributed by atoms with Crippen molar-refractivity contribution in [2.75, 3.05) is 47.7 Å².